The lowest BCUT2D eigenvalue weighted by molar-refractivity contribution is 0.628. The molecule has 0 aliphatic carbocycles. The highest BCUT2D eigenvalue weighted by atomic mass is 19.1. The molecule has 16 heavy (non-hydrogen) atoms. The molecule has 0 heterocycles. The highest BCUT2D eigenvalue weighted by Gasteiger charge is 2.08. The first-order valence-electron chi connectivity index (χ1n) is 5.33. The quantitative estimate of drug-likeness (QED) is 0.558. The van der Waals surface area contributed by atoms with Crippen molar-refractivity contribution >= 4 is 10.8 Å². The van der Waals surface area contributed by atoms with Crippen LogP contribution < -0.4 is 0 Å². The number of aryl methyl sites for hydroxylation is 1. The summed E-state index contributed by atoms with van der Waals surface area (Å²) >= 11 is 0. The lowest BCUT2D eigenvalue weighted by Crippen LogP contribution is -1.88. The molecule has 0 unspecified atom stereocenters. The van der Waals surface area contributed by atoms with E-state index in [0.717, 1.165) is 5.56 Å². The Morgan fingerprint density at radius 1 is 0.750 bits per heavy atom. The molecule has 0 radical (unpaired) electrons. The zero-order chi connectivity index (χ0) is 11.1. The first-order valence-corrected chi connectivity index (χ1v) is 5.33. The van der Waals surface area contributed by atoms with Gasteiger partial charge < -0.3 is 0 Å². The van der Waals surface area contributed by atoms with E-state index in [1.165, 1.54) is 34.0 Å². The average Bonchev–Trinajstić information content (AvgIpc) is 2.32. The summed E-state index contributed by atoms with van der Waals surface area (Å²) in [7, 11) is 0. The van der Waals surface area contributed by atoms with Crippen LogP contribution in [0, 0.1) is 12.7 Å². The third-order valence-electron chi connectivity index (χ3n) is 3.11. The van der Waals surface area contributed by atoms with Crippen molar-refractivity contribution in [2.45, 2.75) is 6.92 Å². The van der Waals surface area contributed by atoms with Gasteiger partial charge in [0.1, 0.15) is 5.82 Å². The second-order valence-electron chi connectivity index (χ2n) is 4.08. The predicted octanol–water partition coefficient (Wildman–Crippen LogP) is 4.39. The summed E-state index contributed by atoms with van der Waals surface area (Å²) in [4.78, 5) is 0. The second-order valence-corrected chi connectivity index (χ2v) is 4.08. The molecule has 0 spiro atoms. The number of fused-ring (bicyclic) bond motifs is 3. The molecule has 0 N–H and O–H groups in total. The van der Waals surface area contributed by atoms with Gasteiger partial charge in [-0.05, 0) is 46.5 Å². The number of hydrogen-bond donors (Lipinski definition) is 0. The second kappa shape index (κ2) is 3.31. The highest BCUT2D eigenvalue weighted by Crippen LogP contribution is 2.33. The van der Waals surface area contributed by atoms with E-state index in [4.69, 9.17) is 0 Å². The maximum Gasteiger partial charge on any atom is 0.123 e. The summed E-state index contributed by atoms with van der Waals surface area (Å²) in [5.74, 6) is -0.188. The topological polar surface area (TPSA) is 0 Å². The third-order valence-corrected chi connectivity index (χ3v) is 3.11. The Hall–Kier alpha value is -1.89. The maximum absolute atomic E-state index is 12.9. The normalized spacial score (nSPS) is 11.1. The van der Waals surface area contributed by atoms with Gasteiger partial charge in [0.05, 0.1) is 0 Å². The Morgan fingerprint density at radius 2 is 1.31 bits per heavy atom. The van der Waals surface area contributed by atoms with Crippen LogP contribution in [-0.2, 0) is 0 Å². The summed E-state index contributed by atoms with van der Waals surface area (Å²) in [5.41, 5.74) is 3.58. The van der Waals surface area contributed by atoms with Gasteiger partial charge in [-0.25, -0.2) is 4.39 Å². The number of halogens is 1. The van der Waals surface area contributed by atoms with Gasteiger partial charge in [-0.2, -0.15) is 0 Å². The average molecular weight is 210 g/mol. The molecular weight excluding hydrogens is 199 g/mol. The lowest BCUT2D eigenvalue weighted by Gasteiger charge is -2.12. The molecule has 2 bridgehead atoms. The van der Waals surface area contributed by atoms with Crippen LogP contribution in [0.4, 0.5) is 4.39 Å². The molecule has 4 aromatic carbocycles. The fourth-order valence-electron chi connectivity index (χ4n) is 2.25. The number of rotatable bonds is 1. The Morgan fingerprint density at radius 3 is 1.88 bits per heavy atom. The van der Waals surface area contributed by atoms with Crippen molar-refractivity contribution in [3.05, 3.63) is 59.9 Å². The molecule has 78 valence electrons. The van der Waals surface area contributed by atoms with E-state index in [2.05, 4.69) is 31.2 Å². The summed E-state index contributed by atoms with van der Waals surface area (Å²) in [6, 6.07) is 15.2. The Kier molecular flexibility index (Phi) is 1.93. The molecule has 0 atom stereocenters. The molecule has 4 rings (SSSR count). The fourth-order valence-corrected chi connectivity index (χ4v) is 2.25. The fraction of sp³-hybridized carbons (Fsp3) is 0.0667. The van der Waals surface area contributed by atoms with E-state index in [9.17, 15) is 4.39 Å². The van der Waals surface area contributed by atoms with Gasteiger partial charge in [-0.1, -0.05) is 36.4 Å². The van der Waals surface area contributed by atoms with E-state index in [1.54, 1.807) is 0 Å². The van der Waals surface area contributed by atoms with Crippen LogP contribution in [0.2, 0.25) is 0 Å². The van der Waals surface area contributed by atoms with Crippen LogP contribution in [0.15, 0.2) is 48.5 Å². The number of hydrogen-bond acceptors (Lipinski definition) is 0. The van der Waals surface area contributed by atoms with Crippen LogP contribution in [0.3, 0.4) is 0 Å². The molecule has 4 aromatic rings. The third kappa shape index (κ3) is 1.28. The van der Waals surface area contributed by atoms with Gasteiger partial charge in [-0.3, -0.25) is 0 Å². The van der Waals surface area contributed by atoms with Crippen LogP contribution in [-0.4, -0.2) is 0 Å². The molecule has 0 saturated heterocycles. The first kappa shape index (κ1) is 9.34. The van der Waals surface area contributed by atoms with E-state index in [0.29, 0.717) is 0 Å². The van der Waals surface area contributed by atoms with Crippen LogP contribution >= 0.6 is 0 Å². The minimum absolute atomic E-state index is 0.188. The zero-order valence-electron chi connectivity index (χ0n) is 9.00. The summed E-state index contributed by atoms with van der Waals surface area (Å²) in [6.45, 7) is 2.11. The van der Waals surface area contributed by atoms with Crippen LogP contribution in [0.1, 0.15) is 5.56 Å². The summed E-state index contributed by atoms with van der Waals surface area (Å²) in [5, 5.41) is 2.45. The molecule has 0 aliphatic heterocycles. The molecule has 0 amide bonds. The van der Waals surface area contributed by atoms with E-state index in [1.807, 2.05) is 12.1 Å². The molecule has 0 saturated carbocycles. The van der Waals surface area contributed by atoms with Crippen LogP contribution in [0.25, 0.3) is 21.9 Å². The monoisotopic (exact) mass is 210 g/mol. The van der Waals surface area contributed by atoms with Crippen molar-refractivity contribution in [2.75, 3.05) is 0 Å². The maximum atomic E-state index is 12.9. The van der Waals surface area contributed by atoms with Crippen molar-refractivity contribution in [1.29, 1.82) is 0 Å². The van der Waals surface area contributed by atoms with E-state index >= 15 is 0 Å². The smallest absolute Gasteiger partial charge is 0.123 e. The SMILES string of the molecule is Cc1c(-c2ccc(F)cc2)c2ccc1cc2. The molecule has 1 heteroatoms. The Labute approximate surface area is 93.7 Å². The molecule has 0 fully saturated rings. The molecule has 0 aromatic heterocycles. The van der Waals surface area contributed by atoms with Crippen molar-refractivity contribution < 1.29 is 4.39 Å². The molecule has 0 nitrogen and oxygen atoms in total. The molecular formula is C15H11F. The minimum atomic E-state index is -0.188. The Balaban J connectivity index is 2.28. The van der Waals surface area contributed by atoms with Gasteiger partial charge in [-0.15, -0.1) is 0 Å². The van der Waals surface area contributed by atoms with Crippen molar-refractivity contribution in [3.63, 3.8) is 0 Å². The van der Waals surface area contributed by atoms with Crippen molar-refractivity contribution in [3.8, 4) is 11.1 Å². The van der Waals surface area contributed by atoms with Crippen LogP contribution in [0.5, 0.6) is 0 Å². The van der Waals surface area contributed by atoms with Gasteiger partial charge in [0.25, 0.3) is 0 Å². The predicted molar refractivity (Wildman–Crippen MR) is 65.3 cm³/mol. The first-order chi connectivity index (χ1) is 7.75. The summed E-state index contributed by atoms with van der Waals surface area (Å²) in [6.07, 6.45) is 0. The standard InChI is InChI=1S/C15H11F/c1-10-11-2-4-12(5-3-11)15(10)13-6-8-14(16)9-7-13/h2-9H,1H3. The van der Waals surface area contributed by atoms with E-state index in [-0.39, 0.29) is 5.82 Å². The minimum Gasteiger partial charge on any atom is -0.207 e. The van der Waals surface area contributed by atoms with Gasteiger partial charge in [0, 0.05) is 0 Å². The van der Waals surface area contributed by atoms with Crippen molar-refractivity contribution in [2.24, 2.45) is 0 Å². The van der Waals surface area contributed by atoms with Crippen molar-refractivity contribution in [1.82, 2.24) is 0 Å². The largest absolute Gasteiger partial charge is 0.207 e. The summed E-state index contributed by atoms with van der Waals surface area (Å²) < 4.78 is 12.9. The Bertz CT molecular complexity index is 603. The highest BCUT2D eigenvalue weighted by molar-refractivity contribution is 5.93. The number of benzene rings is 4. The van der Waals surface area contributed by atoms with Gasteiger partial charge in [0.15, 0.2) is 0 Å². The zero-order valence-corrected chi connectivity index (χ0v) is 9.00. The van der Waals surface area contributed by atoms with Gasteiger partial charge >= 0.3 is 0 Å². The lowest BCUT2D eigenvalue weighted by atomic mass is 9.92. The van der Waals surface area contributed by atoms with Gasteiger partial charge in [0.2, 0.25) is 0 Å². The van der Waals surface area contributed by atoms with E-state index < -0.39 is 0 Å². The molecule has 0 aliphatic rings.